The van der Waals surface area contributed by atoms with Crippen molar-refractivity contribution in [1.82, 2.24) is 4.90 Å². The lowest BCUT2D eigenvalue weighted by Crippen LogP contribution is -2.39. The maximum atomic E-state index is 14.1. The number of nitrogens with two attached hydrogens (primary N) is 1. The molecule has 34 heavy (non-hydrogen) atoms. The first-order chi connectivity index (χ1) is 16.3. The molecular formula is C26H49FN4O2S. The van der Waals surface area contributed by atoms with Gasteiger partial charge >= 0.3 is 0 Å². The van der Waals surface area contributed by atoms with E-state index in [-0.39, 0.29) is 0 Å². The number of nitrogens with zero attached hydrogens (tertiary/aromatic N) is 3. The van der Waals surface area contributed by atoms with Gasteiger partial charge < -0.3 is 25.2 Å². The number of carbonyl (C=O) groups is 1. The minimum absolute atomic E-state index is 0.378. The molecule has 1 aromatic rings. The number of benzene rings is 1. The van der Waals surface area contributed by atoms with E-state index in [2.05, 4.69) is 61.8 Å². The van der Waals surface area contributed by atoms with Gasteiger partial charge in [0.25, 0.3) is 5.91 Å². The van der Waals surface area contributed by atoms with E-state index in [1.54, 1.807) is 12.0 Å². The SMILES string of the molecule is CC.CC(C)C.CCN(CCOC)c1ccc(N2CCCN(C(=O)C(F)SCCN)CC2)cc1. The Morgan fingerprint density at radius 1 is 1.15 bits per heavy atom. The highest BCUT2D eigenvalue weighted by Gasteiger charge is 2.26. The van der Waals surface area contributed by atoms with Crippen molar-refractivity contribution in [2.45, 2.75) is 53.5 Å². The van der Waals surface area contributed by atoms with Gasteiger partial charge in [0, 0.05) is 70.1 Å². The van der Waals surface area contributed by atoms with Gasteiger partial charge in [0.15, 0.2) is 0 Å². The summed E-state index contributed by atoms with van der Waals surface area (Å²) in [7, 11) is 1.71. The second-order valence-electron chi connectivity index (χ2n) is 8.46. The molecule has 1 saturated heterocycles. The molecule has 1 aliphatic heterocycles. The van der Waals surface area contributed by atoms with E-state index >= 15 is 0 Å². The largest absolute Gasteiger partial charge is 0.383 e. The molecule has 6 nitrogen and oxygen atoms in total. The van der Waals surface area contributed by atoms with Crippen molar-refractivity contribution < 1.29 is 13.9 Å². The van der Waals surface area contributed by atoms with Crippen LogP contribution in [0.3, 0.4) is 0 Å². The minimum Gasteiger partial charge on any atom is -0.383 e. The molecule has 1 aliphatic rings. The Morgan fingerprint density at radius 3 is 2.29 bits per heavy atom. The van der Waals surface area contributed by atoms with Crippen molar-refractivity contribution in [3.63, 3.8) is 0 Å². The summed E-state index contributed by atoms with van der Waals surface area (Å²) >= 11 is 0.984. The zero-order valence-corrected chi connectivity index (χ0v) is 23.4. The smallest absolute Gasteiger partial charge is 0.267 e. The summed E-state index contributed by atoms with van der Waals surface area (Å²) in [4.78, 5) is 18.5. The third-order valence-electron chi connectivity index (χ3n) is 4.91. The predicted molar refractivity (Wildman–Crippen MR) is 148 cm³/mol. The third kappa shape index (κ3) is 12.8. The van der Waals surface area contributed by atoms with Crippen LogP contribution >= 0.6 is 11.8 Å². The van der Waals surface area contributed by atoms with Crippen molar-refractivity contribution >= 4 is 29.0 Å². The summed E-state index contributed by atoms with van der Waals surface area (Å²) in [6.07, 6.45) is 0.830. The van der Waals surface area contributed by atoms with Gasteiger partial charge in [-0.3, -0.25) is 4.79 Å². The van der Waals surface area contributed by atoms with Gasteiger partial charge in [-0.2, -0.15) is 0 Å². The van der Waals surface area contributed by atoms with Crippen LogP contribution in [0.5, 0.6) is 0 Å². The first-order valence-corrected chi connectivity index (χ1v) is 13.7. The monoisotopic (exact) mass is 500 g/mol. The number of hydrogen-bond acceptors (Lipinski definition) is 6. The normalized spacial score (nSPS) is 14.4. The quantitative estimate of drug-likeness (QED) is 0.494. The standard InChI is InChI=1S/C20H33FN4O2S.C4H10.C2H6/c1-3-23(14-15-27-2)17-5-7-18(8-6-17)24-10-4-11-25(13-12-24)20(26)19(21)28-16-9-22;1-4(2)3;1-2/h5-8,19H,3-4,9-16,22H2,1-2H3;4H,1-3H3;1-2H3. The van der Waals surface area contributed by atoms with E-state index in [4.69, 9.17) is 10.5 Å². The summed E-state index contributed by atoms with van der Waals surface area (Å²) in [5.74, 6) is 0.866. The fourth-order valence-electron chi connectivity index (χ4n) is 3.33. The lowest BCUT2D eigenvalue weighted by molar-refractivity contribution is -0.133. The first kappa shape index (κ1) is 32.5. The topological polar surface area (TPSA) is 62.0 Å². The van der Waals surface area contributed by atoms with E-state index in [1.165, 1.54) is 5.69 Å². The number of thioether (sulfide) groups is 1. The molecule has 8 heteroatoms. The third-order valence-corrected chi connectivity index (χ3v) is 5.88. The average Bonchev–Trinajstić information content (AvgIpc) is 3.10. The van der Waals surface area contributed by atoms with Gasteiger partial charge in [0.05, 0.1) is 6.61 Å². The molecule has 0 spiro atoms. The Kier molecular flexibility index (Phi) is 18.9. The first-order valence-electron chi connectivity index (χ1n) is 12.7. The molecule has 1 aromatic carbocycles. The molecule has 0 radical (unpaired) electrons. The van der Waals surface area contributed by atoms with Crippen LogP contribution < -0.4 is 15.5 Å². The van der Waals surface area contributed by atoms with Crippen molar-refractivity contribution in [1.29, 1.82) is 0 Å². The molecule has 1 atom stereocenters. The maximum absolute atomic E-state index is 14.1. The van der Waals surface area contributed by atoms with Crippen LogP contribution in [0.1, 0.15) is 48.0 Å². The van der Waals surface area contributed by atoms with Gasteiger partial charge in [0.2, 0.25) is 5.50 Å². The highest BCUT2D eigenvalue weighted by molar-refractivity contribution is 8.00. The number of halogens is 1. The molecular weight excluding hydrogens is 451 g/mol. The Labute approximate surface area is 212 Å². The van der Waals surface area contributed by atoms with E-state index < -0.39 is 11.4 Å². The molecule has 1 unspecified atom stereocenters. The highest BCUT2D eigenvalue weighted by atomic mass is 32.2. The summed E-state index contributed by atoms with van der Waals surface area (Å²) in [5, 5.41) is 0. The van der Waals surface area contributed by atoms with Crippen molar-refractivity contribution in [2.24, 2.45) is 11.7 Å². The van der Waals surface area contributed by atoms with Crippen LogP contribution in [0.15, 0.2) is 24.3 Å². The molecule has 1 heterocycles. The summed E-state index contributed by atoms with van der Waals surface area (Å²) in [5.41, 5.74) is 6.19. The van der Waals surface area contributed by atoms with Crippen molar-refractivity contribution in [3.8, 4) is 0 Å². The van der Waals surface area contributed by atoms with Crippen LogP contribution in [-0.2, 0) is 9.53 Å². The van der Waals surface area contributed by atoms with Crippen molar-refractivity contribution in [3.05, 3.63) is 24.3 Å². The van der Waals surface area contributed by atoms with E-state index in [1.807, 2.05) is 13.8 Å². The molecule has 1 fully saturated rings. The number of alkyl halides is 1. The van der Waals surface area contributed by atoms with E-state index in [0.29, 0.717) is 38.5 Å². The number of ether oxygens (including phenoxy) is 1. The summed E-state index contributed by atoms with van der Waals surface area (Å²) < 4.78 is 19.2. The molecule has 2 rings (SSSR count). The molecule has 0 aromatic heterocycles. The van der Waals surface area contributed by atoms with Gasteiger partial charge in [-0.15, -0.1) is 11.8 Å². The Bertz CT molecular complexity index is 631. The number of anilines is 2. The Hall–Kier alpha value is -1.51. The highest BCUT2D eigenvalue weighted by Crippen LogP contribution is 2.23. The second-order valence-corrected chi connectivity index (χ2v) is 9.62. The second kappa shape index (κ2) is 19.8. The average molecular weight is 501 g/mol. The van der Waals surface area contributed by atoms with E-state index in [9.17, 15) is 9.18 Å². The lowest BCUT2D eigenvalue weighted by atomic mass is 10.2. The number of rotatable bonds is 10. The molecule has 0 aliphatic carbocycles. The lowest BCUT2D eigenvalue weighted by Gasteiger charge is -2.26. The van der Waals surface area contributed by atoms with Gasteiger partial charge in [-0.1, -0.05) is 34.6 Å². The summed E-state index contributed by atoms with van der Waals surface area (Å²) in [6, 6.07) is 8.50. The zero-order valence-electron chi connectivity index (χ0n) is 22.6. The van der Waals surface area contributed by atoms with Crippen LogP contribution in [0.4, 0.5) is 15.8 Å². The van der Waals surface area contributed by atoms with Gasteiger partial charge in [-0.25, -0.2) is 4.39 Å². The summed E-state index contributed by atoms with van der Waals surface area (Å²) in [6.45, 7) is 18.2. The molecule has 2 N–H and O–H groups in total. The van der Waals surface area contributed by atoms with Crippen molar-refractivity contribution in [2.75, 3.05) is 75.1 Å². The van der Waals surface area contributed by atoms with Gasteiger partial charge in [-0.05, 0) is 43.5 Å². The number of hydrogen-bond donors (Lipinski definition) is 1. The minimum atomic E-state index is -1.51. The van der Waals surface area contributed by atoms with Crippen LogP contribution in [0.25, 0.3) is 0 Å². The maximum Gasteiger partial charge on any atom is 0.267 e. The molecule has 0 saturated carbocycles. The van der Waals surface area contributed by atoms with Crippen LogP contribution in [-0.4, -0.2) is 81.6 Å². The number of methoxy groups -OCH3 is 1. The number of carbonyl (C=O) groups excluding carboxylic acids is 1. The predicted octanol–water partition coefficient (Wildman–Crippen LogP) is 4.87. The van der Waals surface area contributed by atoms with E-state index in [0.717, 1.165) is 49.4 Å². The molecule has 198 valence electrons. The fourth-order valence-corrected chi connectivity index (χ4v) is 3.96. The van der Waals surface area contributed by atoms with Crippen LogP contribution in [0, 0.1) is 5.92 Å². The fraction of sp³-hybridized carbons (Fsp3) is 0.731. The number of amides is 1. The Morgan fingerprint density at radius 2 is 1.76 bits per heavy atom. The molecule has 1 amide bonds. The van der Waals surface area contributed by atoms with Crippen LogP contribution in [0.2, 0.25) is 0 Å². The number of likely N-dealkylation sites (N-methyl/N-ethyl adjacent to an activating group) is 1. The van der Waals surface area contributed by atoms with Gasteiger partial charge in [0.1, 0.15) is 0 Å². The zero-order chi connectivity index (χ0) is 25.9. The molecule has 0 bridgehead atoms. The Balaban J connectivity index is 0.00000164.